The van der Waals surface area contributed by atoms with Crippen molar-refractivity contribution in [3.05, 3.63) is 35.5 Å². The van der Waals surface area contributed by atoms with Gasteiger partial charge in [0.2, 0.25) is 0 Å². The van der Waals surface area contributed by atoms with Gasteiger partial charge >= 0.3 is 12.1 Å². The van der Waals surface area contributed by atoms with E-state index in [1.54, 1.807) is 0 Å². The van der Waals surface area contributed by atoms with Gasteiger partial charge in [0.15, 0.2) is 0 Å². The van der Waals surface area contributed by atoms with Crippen LogP contribution >= 0.6 is 0 Å². The number of aliphatic hydroxyl groups is 1. The molecule has 0 saturated carbocycles. The molecule has 0 aliphatic carbocycles. The molecule has 5 nitrogen and oxygen atoms in total. The van der Waals surface area contributed by atoms with E-state index in [1.807, 2.05) is 0 Å². The highest BCUT2D eigenvalue weighted by molar-refractivity contribution is 5.94. The van der Waals surface area contributed by atoms with Gasteiger partial charge in [-0.1, -0.05) is 0 Å². The van der Waals surface area contributed by atoms with Gasteiger partial charge in [0.25, 0.3) is 5.60 Å². The van der Waals surface area contributed by atoms with Crippen molar-refractivity contribution in [1.29, 1.82) is 0 Å². The van der Waals surface area contributed by atoms with Crippen LogP contribution < -0.4 is 0 Å². The number of rotatable bonds is 4. The van der Waals surface area contributed by atoms with Crippen molar-refractivity contribution >= 4 is 23.2 Å². The van der Waals surface area contributed by atoms with Crippen LogP contribution in [0, 0.1) is 0 Å². The van der Waals surface area contributed by atoms with Crippen molar-refractivity contribution in [2.24, 2.45) is 0 Å². The summed E-state index contributed by atoms with van der Waals surface area (Å²) in [5.74, 6) is -1.82. The monoisotopic (exact) mass is 315 g/mol. The van der Waals surface area contributed by atoms with E-state index < -0.39 is 23.3 Å². The summed E-state index contributed by atoms with van der Waals surface area (Å²) in [4.78, 5) is 25.0. The highest BCUT2D eigenvalue weighted by atomic mass is 19.4. The number of aldehydes is 1. The summed E-state index contributed by atoms with van der Waals surface area (Å²) in [6.45, 7) is 1.01. The van der Waals surface area contributed by atoms with Gasteiger partial charge in [0.1, 0.15) is 6.29 Å². The molecule has 0 aliphatic heterocycles. The van der Waals surface area contributed by atoms with E-state index >= 15 is 0 Å². The smallest absolute Gasteiger partial charge is 0.432 e. The molecule has 0 fully saturated rings. The van der Waals surface area contributed by atoms with E-state index in [4.69, 9.17) is 0 Å². The predicted molar refractivity (Wildman–Crippen MR) is 70.3 cm³/mol. The molecule has 2 rings (SSSR count). The number of carbonyl (C=O) groups excluding carboxylic acids is 2. The number of hydrogen-bond acceptors (Lipinski definition) is 4. The summed E-state index contributed by atoms with van der Waals surface area (Å²) in [5, 5.41) is 9.98. The first kappa shape index (κ1) is 16.0. The molecule has 1 heterocycles. The van der Waals surface area contributed by atoms with Crippen molar-refractivity contribution in [2.75, 3.05) is 6.61 Å². The van der Waals surface area contributed by atoms with Crippen LogP contribution in [0.4, 0.5) is 13.2 Å². The van der Waals surface area contributed by atoms with Gasteiger partial charge in [0, 0.05) is 28.2 Å². The third-order valence-corrected chi connectivity index (χ3v) is 3.21. The molecule has 0 radical (unpaired) electrons. The molecule has 0 saturated heterocycles. The number of halogens is 3. The fourth-order valence-electron chi connectivity index (χ4n) is 2.12. The highest BCUT2D eigenvalue weighted by Crippen LogP contribution is 2.42. The molecular formula is C14H12F3NO4. The van der Waals surface area contributed by atoms with Gasteiger partial charge in [-0.25, -0.2) is 4.79 Å². The van der Waals surface area contributed by atoms with E-state index in [1.165, 1.54) is 19.1 Å². The summed E-state index contributed by atoms with van der Waals surface area (Å²) < 4.78 is 44.3. The second-order valence-electron chi connectivity index (χ2n) is 4.55. The van der Waals surface area contributed by atoms with Crippen molar-refractivity contribution in [3.63, 3.8) is 0 Å². The zero-order valence-electron chi connectivity index (χ0n) is 11.4. The average Bonchev–Trinajstić information content (AvgIpc) is 2.88. The van der Waals surface area contributed by atoms with Gasteiger partial charge < -0.3 is 14.8 Å². The van der Waals surface area contributed by atoms with E-state index in [0.717, 1.165) is 12.3 Å². The number of ether oxygens (including phenoxy) is 1. The van der Waals surface area contributed by atoms with Gasteiger partial charge in [-0.2, -0.15) is 13.2 Å². The number of H-pyrrole nitrogens is 1. The standard InChI is InChI=1S/C14H12F3NO4/c1-2-22-12(20)13(21,14(15,16)17)10-6-18-11-4-3-8(7-19)5-9(10)11/h3-7,18,21H,2H2,1H3. The topological polar surface area (TPSA) is 79.4 Å². The molecule has 8 heteroatoms. The molecule has 1 aromatic heterocycles. The van der Waals surface area contributed by atoms with Crippen LogP contribution in [0.25, 0.3) is 10.9 Å². The Morgan fingerprint density at radius 3 is 2.64 bits per heavy atom. The van der Waals surface area contributed by atoms with E-state index in [-0.39, 0.29) is 23.1 Å². The Bertz CT molecular complexity index is 722. The minimum Gasteiger partial charge on any atom is -0.463 e. The lowest BCUT2D eigenvalue weighted by Crippen LogP contribution is -2.50. The van der Waals surface area contributed by atoms with Crippen molar-refractivity contribution in [3.8, 4) is 0 Å². The third kappa shape index (κ3) is 2.35. The maximum Gasteiger partial charge on any atom is 0.432 e. The van der Waals surface area contributed by atoms with Crippen LogP contribution in [-0.2, 0) is 15.1 Å². The predicted octanol–water partition coefficient (Wildman–Crippen LogP) is 2.29. The fourth-order valence-corrected chi connectivity index (χ4v) is 2.12. The number of aromatic amines is 1. The van der Waals surface area contributed by atoms with Crippen LogP contribution in [-0.4, -0.2) is 35.1 Å². The highest BCUT2D eigenvalue weighted by Gasteiger charge is 2.63. The Morgan fingerprint density at radius 2 is 2.09 bits per heavy atom. The molecule has 22 heavy (non-hydrogen) atoms. The molecule has 1 aromatic carbocycles. The Balaban J connectivity index is 2.72. The summed E-state index contributed by atoms with van der Waals surface area (Å²) in [6, 6.07) is 3.93. The maximum atomic E-state index is 13.3. The average molecular weight is 315 g/mol. The molecule has 0 amide bonds. The second kappa shape index (κ2) is 5.45. The largest absolute Gasteiger partial charge is 0.463 e. The van der Waals surface area contributed by atoms with Crippen LogP contribution in [0.15, 0.2) is 24.4 Å². The van der Waals surface area contributed by atoms with E-state index in [9.17, 15) is 27.9 Å². The van der Waals surface area contributed by atoms with Gasteiger partial charge in [-0.3, -0.25) is 4.79 Å². The number of fused-ring (bicyclic) bond motifs is 1. The fraction of sp³-hybridized carbons (Fsp3) is 0.286. The Labute approximate surface area is 122 Å². The molecular weight excluding hydrogens is 303 g/mol. The van der Waals surface area contributed by atoms with Gasteiger partial charge in [-0.15, -0.1) is 0 Å². The summed E-state index contributed by atoms with van der Waals surface area (Å²) in [5.41, 5.74) is -4.17. The van der Waals surface area contributed by atoms with Gasteiger partial charge in [0.05, 0.1) is 6.61 Å². The Morgan fingerprint density at radius 1 is 1.41 bits per heavy atom. The number of nitrogens with one attached hydrogen (secondary N) is 1. The summed E-state index contributed by atoms with van der Waals surface area (Å²) >= 11 is 0. The van der Waals surface area contributed by atoms with Crippen molar-refractivity contribution < 1.29 is 32.6 Å². The molecule has 0 bridgehead atoms. The maximum absolute atomic E-state index is 13.3. The molecule has 1 unspecified atom stereocenters. The first-order valence-electron chi connectivity index (χ1n) is 6.28. The van der Waals surface area contributed by atoms with Crippen LogP contribution in [0.1, 0.15) is 22.8 Å². The first-order valence-corrected chi connectivity index (χ1v) is 6.28. The Hall–Kier alpha value is -2.35. The lowest BCUT2D eigenvalue weighted by atomic mass is 9.92. The van der Waals surface area contributed by atoms with Crippen LogP contribution in [0.3, 0.4) is 0 Å². The third-order valence-electron chi connectivity index (χ3n) is 3.21. The molecule has 2 aromatic rings. The molecule has 0 spiro atoms. The van der Waals surface area contributed by atoms with Gasteiger partial charge in [-0.05, 0) is 25.1 Å². The van der Waals surface area contributed by atoms with Crippen molar-refractivity contribution in [2.45, 2.75) is 18.7 Å². The minimum atomic E-state index is -5.29. The zero-order valence-corrected chi connectivity index (χ0v) is 11.4. The summed E-state index contributed by atoms with van der Waals surface area (Å²) in [6.07, 6.45) is -3.96. The number of carbonyl (C=O) groups is 2. The lowest BCUT2D eigenvalue weighted by Gasteiger charge is -2.27. The van der Waals surface area contributed by atoms with Crippen LogP contribution in [0.2, 0.25) is 0 Å². The molecule has 1 atom stereocenters. The van der Waals surface area contributed by atoms with E-state index in [2.05, 4.69) is 9.72 Å². The van der Waals surface area contributed by atoms with E-state index in [0.29, 0.717) is 6.29 Å². The number of benzene rings is 1. The second-order valence-corrected chi connectivity index (χ2v) is 4.55. The zero-order chi connectivity index (χ0) is 16.5. The molecule has 2 N–H and O–H groups in total. The minimum absolute atomic E-state index is 0.0857. The Kier molecular flexibility index (Phi) is 3.97. The number of alkyl halides is 3. The SMILES string of the molecule is CCOC(=O)C(O)(c1c[nH]c2ccc(C=O)cc12)C(F)(F)F. The number of aromatic nitrogens is 1. The normalized spacial score (nSPS) is 14.6. The number of esters is 1. The van der Waals surface area contributed by atoms with Crippen LogP contribution in [0.5, 0.6) is 0 Å². The summed E-state index contributed by atoms with van der Waals surface area (Å²) in [7, 11) is 0. The first-order chi connectivity index (χ1) is 10.3. The quantitative estimate of drug-likeness (QED) is 0.670. The van der Waals surface area contributed by atoms with Crippen molar-refractivity contribution in [1.82, 2.24) is 4.98 Å². The lowest BCUT2D eigenvalue weighted by molar-refractivity contribution is -0.267. The molecule has 118 valence electrons. The molecule has 0 aliphatic rings. The number of hydrogen-bond donors (Lipinski definition) is 2.